The summed E-state index contributed by atoms with van der Waals surface area (Å²) >= 11 is 0. The van der Waals surface area contributed by atoms with E-state index in [1.807, 2.05) is 13.8 Å². The van der Waals surface area contributed by atoms with Gasteiger partial charge < -0.3 is 26.0 Å². The molecule has 4 amide bonds. The topological polar surface area (TPSA) is 145 Å². The number of carboxylic acids is 1. The van der Waals surface area contributed by atoms with Gasteiger partial charge in [0.15, 0.2) is 5.78 Å². The first-order chi connectivity index (χ1) is 19.4. The molecule has 2 aliphatic rings. The van der Waals surface area contributed by atoms with Gasteiger partial charge in [0.25, 0.3) is 0 Å². The Morgan fingerprint density at radius 3 is 2.34 bits per heavy atom. The Bertz CT molecular complexity index is 1130. The molecule has 0 aromatic heterocycles. The smallest absolute Gasteiger partial charge is 0.329 e. The molecule has 0 spiro atoms. The molecule has 1 aliphatic heterocycles. The van der Waals surface area contributed by atoms with E-state index < -0.39 is 53.3 Å². The van der Waals surface area contributed by atoms with E-state index in [0.717, 1.165) is 12.8 Å². The normalized spacial score (nSPS) is 23.0. The number of hydrogen-bond acceptors (Lipinski definition) is 5. The van der Waals surface area contributed by atoms with Crippen LogP contribution >= 0.6 is 0 Å². The monoisotopic (exact) mass is 574 g/mol. The van der Waals surface area contributed by atoms with Crippen LogP contribution in [0.2, 0.25) is 0 Å². The molecule has 41 heavy (non-hydrogen) atoms. The van der Waals surface area contributed by atoms with Crippen LogP contribution in [-0.4, -0.2) is 69.8 Å². The molecule has 1 saturated carbocycles. The molecule has 0 radical (unpaired) electrons. The van der Waals surface area contributed by atoms with Crippen molar-refractivity contribution in [1.82, 2.24) is 20.9 Å². The minimum absolute atomic E-state index is 0.131. The fourth-order valence-electron chi connectivity index (χ4n) is 5.64. The van der Waals surface area contributed by atoms with Gasteiger partial charge in [0.05, 0.1) is 6.04 Å². The zero-order valence-corrected chi connectivity index (χ0v) is 24.4. The summed E-state index contributed by atoms with van der Waals surface area (Å²) in [5, 5.41) is 17.9. The summed E-state index contributed by atoms with van der Waals surface area (Å²) in [5.41, 5.74) is -1.03. The maximum Gasteiger partial charge on any atom is 0.329 e. The van der Waals surface area contributed by atoms with Crippen molar-refractivity contribution in [2.75, 3.05) is 6.54 Å². The second-order valence-corrected chi connectivity index (χ2v) is 11.6. The van der Waals surface area contributed by atoms with Crippen LogP contribution in [0.4, 0.5) is 9.18 Å². The predicted molar refractivity (Wildman–Crippen MR) is 151 cm³/mol. The van der Waals surface area contributed by atoms with Crippen molar-refractivity contribution in [2.45, 2.75) is 103 Å². The number of hydrogen-bond donors (Lipinski definition) is 4. The molecule has 226 valence electrons. The summed E-state index contributed by atoms with van der Waals surface area (Å²) in [6.45, 7) is 7.78. The third kappa shape index (κ3) is 7.62. The summed E-state index contributed by atoms with van der Waals surface area (Å²) in [5.74, 6) is -3.23. The number of Topliss-reactive ketones (excluding diaryl/α,β-unsaturated/α-hetero) is 1. The summed E-state index contributed by atoms with van der Waals surface area (Å²) in [4.78, 5) is 66.5. The summed E-state index contributed by atoms with van der Waals surface area (Å²) in [6.07, 6.45) is 4.61. The van der Waals surface area contributed by atoms with Gasteiger partial charge in [0, 0.05) is 12.1 Å². The zero-order valence-electron chi connectivity index (χ0n) is 24.4. The zero-order chi connectivity index (χ0) is 30.3. The number of urea groups is 1. The lowest BCUT2D eigenvalue weighted by molar-refractivity contribution is -0.145. The van der Waals surface area contributed by atoms with Crippen LogP contribution in [0.5, 0.6) is 0 Å². The van der Waals surface area contributed by atoms with E-state index in [0.29, 0.717) is 45.1 Å². The largest absolute Gasteiger partial charge is 0.479 e. The number of carbonyl (C=O) groups excluding carboxylic acids is 4. The van der Waals surface area contributed by atoms with Crippen molar-refractivity contribution in [1.29, 1.82) is 0 Å². The van der Waals surface area contributed by atoms with Gasteiger partial charge in [-0.15, -0.1) is 0 Å². The molecule has 1 aromatic rings. The number of nitrogens with one attached hydrogen (secondary N) is 3. The van der Waals surface area contributed by atoms with Gasteiger partial charge in [-0.2, -0.15) is 0 Å². The van der Waals surface area contributed by atoms with Gasteiger partial charge in [-0.25, -0.2) is 14.0 Å². The van der Waals surface area contributed by atoms with Crippen molar-refractivity contribution >= 4 is 29.6 Å². The predicted octanol–water partition coefficient (Wildman–Crippen LogP) is 3.64. The minimum atomic E-state index is -1.28. The lowest BCUT2D eigenvalue weighted by Crippen LogP contribution is -2.58. The summed E-state index contributed by atoms with van der Waals surface area (Å²) in [6, 6.07) is 1.72. The summed E-state index contributed by atoms with van der Waals surface area (Å²) < 4.78 is 13.3. The molecular weight excluding hydrogens is 531 g/mol. The standard InChI is InChI=1S/C30H43FN4O6/c1-5-7-10-22(32-29(41)33-24(18(3)4)25(36)19-12-14-21(31)15-13-19)27(38)35-16-8-11-23(35)26(37)34-30(28(39)40)17-20(30)9-6-2/h12-15,18,20,22-24H,5-11,16-17H2,1-4H3,(H,34,37)(H,39,40)(H2,32,33,41)/t20?,22-,23-,24-,30+/m0/s1. The van der Waals surface area contributed by atoms with Gasteiger partial charge in [0.2, 0.25) is 11.8 Å². The molecule has 1 saturated heterocycles. The van der Waals surface area contributed by atoms with Crippen LogP contribution in [-0.2, 0) is 14.4 Å². The van der Waals surface area contributed by atoms with E-state index in [4.69, 9.17) is 0 Å². The highest BCUT2D eigenvalue weighted by atomic mass is 19.1. The number of ketones is 1. The number of likely N-dealkylation sites (tertiary alicyclic amines) is 1. The molecule has 5 atom stereocenters. The molecule has 4 N–H and O–H groups in total. The Morgan fingerprint density at radius 2 is 1.76 bits per heavy atom. The Morgan fingerprint density at radius 1 is 1.07 bits per heavy atom. The second-order valence-electron chi connectivity index (χ2n) is 11.6. The first-order valence-corrected chi connectivity index (χ1v) is 14.7. The van der Waals surface area contributed by atoms with Crippen LogP contribution in [0, 0.1) is 17.7 Å². The Balaban J connectivity index is 1.70. The molecular formula is C30H43FN4O6. The number of carbonyl (C=O) groups is 5. The average molecular weight is 575 g/mol. The van der Waals surface area contributed by atoms with Gasteiger partial charge in [-0.1, -0.05) is 47.0 Å². The third-order valence-electron chi connectivity index (χ3n) is 8.12. The SMILES string of the molecule is CCCC[C@H](NC(=O)N[C@H](C(=O)c1ccc(F)cc1)C(C)C)C(=O)N1CCC[C@H]1C(=O)N[C@]1(C(=O)O)CC1CCC. The average Bonchev–Trinajstić information content (AvgIpc) is 3.39. The number of benzene rings is 1. The Labute approximate surface area is 240 Å². The third-order valence-corrected chi connectivity index (χ3v) is 8.12. The highest BCUT2D eigenvalue weighted by Gasteiger charge is 2.61. The van der Waals surface area contributed by atoms with Gasteiger partial charge in [0.1, 0.15) is 23.4 Å². The van der Waals surface area contributed by atoms with Gasteiger partial charge in [-0.05, 0) is 68.2 Å². The minimum Gasteiger partial charge on any atom is -0.479 e. The number of amides is 4. The molecule has 1 aliphatic carbocycles. The number of aliphatic carboxylic acids is 1. The fraction of sp³-hybridized carbons (Fsp3) is 0.633. The van der Waals surface area contributed by atoms with Crippen molar-refractivity contribution in [2.24, 2.45) is 11.8 Å². The Hall–Kier alpha value is -3.50. The fourth-order valence-corrected chi connectivity index (χ4v) is 5.64. The van der Waals surface area contributed by atoms with E-state index in [1.165, 1.54) is 29.2 Å². The first kappa shape index (κ1) is 32.0. The maximum atomic E-state index is 13.7. The molecule has 3 rings (SSSR count). The van der Waals surface area contributed by atoms with Crippen LogP contribution in [0.3, 0.4) is 0 Å². The van der Waals surface area contributed by atoms with E-state index in [-0.39, 0.29) is 23.2 Å². The molecule has 0 bridgehead atoms. The van der Waals surface area contributed by atoms with Crippen molar-refractivity contribution in [3.63, 3.8) is 0 Å². The van der Waals surface area contributed by atoms with E-state index >= 15 is 0 Å². The number of carboxylic acid groups (broad SMARTS) is 1. The summed E-state index contributed by atoms with van der Waals surface area (Å²) in [7, 11) is 0. The van der Waals surface area contributed by atoms with Gasteiger partial charge in [-0.3, -0.25) is 14.4 Å². The number of halogens is 1. The van der Waals surface area contributed by atoms with Crippen LogP contribution < -0.4 is 16.0 Å². The van der Waals surface area contributed by atoms with E-state index in [2.05, 4.69) is 16.0 Å². The number of rotatable bonds is 14. The van der Waals surface area contributed by atoms with Crippen LogP contribution in [0.15, 0.2) is 24.3 Å². The number of unbranched alkanes of at least 4 members (excludes halogenated alkanes) is 1. The van der Waals surface area contributed by atoms with Crippen molar-refractivity contribution < 1.29 is 33.5 Å². The van der Waals surface area contributed by atoms with E-state index in [9.17, 15) is 33.5 Å². The maximum absolute atomic E-state index is 13.7. The van der Waals surface area contributed by atoms with Crippen molar-refractivity contribution in [3.05, 3.63) is 35.6 Å². The molecule has 1 heterocycles. The van der Waals surface area contributed by atoms with Crippen LogP contribution in [0.25, 0.3) is 0 Å². The number of nitrogens with zero attached hydrogens (tertiary/aromatic N) is 1. The Kier molecular flexibility index (Phi) is 10.9. The lowest BCUT2D eigenvalue weighted by atomic mass is 9.95. The highest BCUT2D eigenvalue weighted by molar-refractivity contribution is 6.02. The van der Waals surface area contributed by atoms with Crippen LogP contribution in [0.1, 0.15) is 89.4 Å². The highest BCUT2D eigenvalue weighted by Crippen LogP contribution is 2.47. The quantitative estimate of drug-likeness (QED) is 0.250. The van der Waals surface area contributed by atoms with Gasteiger partial charge >= 0.3 is 12.0 Å². The second kappa shape index (κ2) is 13.9. The molecule has 11 heteroatoms. The van der Waals surface area contributed by atoms with Crippen molar-refractivity contribution in [3.8, 4) is 0 Å². The molecule has 10 nitrogen and oxygen atoms in total. The molecule has 2 fully saturated rings. The molecule has 1 aromatic carbocycles. The lowest BCUT2D eigenvalue weighted by Gasteiger charge is -2.30. The molecule has 1 unspecified atom stereocenters. The van der Waals surface area contributed by atoms with E-state index in [1.54, 1.807) is 13.8 Å². The first-order valence-electron chi connectivity index (χ1n) is 14.7.